The number of aliphatic carboxylic acids is 1. The van der Waals surface area contributed by atoms with Crippen LogP contribution in [0.25, 0.3) is 0 Å². The van der Waals surface area contributed by atoms with Crippen LogP contribution in [0.5, 0.6) is 0 Å². The van der Waals surface area contributed by atoms with Gasteiger partial charge in [0.15, 0.2) is 5.96 Å². The van der Waals surface area contributed by atoms with Gasteiger partial charge >= 0.3 is 5.97 Å². The number of carboxylic acid groups (broad SMARTS) is 1. The first kappa shape index (κ1) is 26.2. The van der Waals surface area contributed by atoms with Crippen LogP contribution in [0.4, 0.5) is 0 Å². The molecule has 9 N–H and O–H groups in total. The van der Waals surface area contributed by atoms with E-state index in [2.05, 4.69) is 15.6 Å². The van der Waals surface area contributed by atoms with Crippen LogP contribution >= 0.6 is 11.8 Å². The topological polar surface area (TPSA) is 186 Å². The Labute approximate surface area is 186 Å². The second-order valence-electron chi connectivity index (χ2n) is 6.99. The molecule has 31 heavy (non-hydrogen) atoms. The fourth-order valence-corrected chi connectivity index (χ4v) is 3.24. The number of hydrogen-bond acceptors (Lipinski definition) is 6. The number of guanidine groups is 1. The summed E-state index contributed by atoms with van der Waals surface area (Å²) >= 11 is 1.57. The van der Waals surface area contributed by atoms with Gasteiger partial charge in [-0.25, -0.2) is 4.79 Å². The van der Waals surface area contributed by atoms with Gasteiger partial charge in [-0.3, -0.25) is 14.6 Å². The minimum absolute atomic E-state index is 0.0839. The molecule has 0 bridgehead atoms. The van der Waals surface area contributed by atoms with E-state index >= 15 is 0 Å². The zero-order valence-electron chi connectivity index (χ0n) is 17.6. The average Bonchev–Trinajstić information content (AvgIpc) is 2.73. The molecular weight excluding hydrogens is 420 g/mol. The first-order valence-electron chi connectivity index (χ1n) is 9.92. The molecule has 0 unspecified atom stereocenters. The smallest absolute Gasteiger partial charge is 0.326 e. The maximum atomic E-state index is 12.9. The highest BCUT2D eigenvalue weighted by molar-refractivity contribution is 7.98. The maximum Gasteiger partial charge on any atom is 0.326 e. The molecule has 0 saturated carbocycles. The largest absolute Gasteiger partial charge is 0.480 e. The van der Waals surface area contributed by atoms with E-state index in [4.69, 9.17) is 17.2 Å². The zero-order chi connectivity index (χ0) is 23.2. The van der Waals surface area contributed by atoms with Crippen LogP contribution in [0.15, 0.2) is 35.3 Å². The average molecular weight is 453 g/mol. The maximum absolute atomic E-state index is 12.9. The van der Waals surface area contributed by atoms with Crippen LogP contribution in [0.1, 0.15) is 24.8 Å². The Hall–Kier alpha value is -2.79. The lowest BCUT2D eigenvalue weighted by Crippen LogP contribution is -2.55. The number of nitrogens with two attached hydrogens (primary N) is 3. The zero-order valence-corrected chi connectivity index (χ0v) is 18.4. The van der Waals surface area contributed by atoms with Gasteiger partial charge in [-0.15, -0.1) is 0 Å². The van der Waals surface area contributed by atoms with Crippen molar-refractivity contribution in [2.45, 2.75) is 43.8 Å². The van der Waals surface area contributed by atoms with Crippen molar-refractivity contribution in [3.8, 4) is 0 Å². The van der Waals surface area contributed by atoms with Gasteiger partial charge in [-0.1, -0.05) is 30.3 Å². The van der Waals surface area contributed by atoms with Crippen molar-refractivity contribution in [1.82, 2.24) is 10.6 Å². The molecule has 0 aliphatic heterocycles. The first-order chi connectivity index (χ1) is 14.7. The highest BCUT2D eigenvalue weighted by Crippen LogP contribution is 2.07. The summed E-state index contributed by atoms with van der Waals surface area (Å²) in [6.45, 7) is 0.246. The van der Waals surface area contributed by atoms with Gasteiger partial charge in [-0.2, -0.15) is 11.8 Å². The number of rotatable bonds is 14. The van der Waals surface area contributed by atoms with E-state index in [1.165, 1.54) is 0 Å². The van der Waals surface area contributed by atoms with Crippen LogP contribution in [0, 0.1) is 0 Å². The number of carboxylic acids is 1. The van der Waals surface area contributed by atoms with E-state index in [0.29, 0.717) is 18.6 Å². The Morgan fingerprint density at radius 1 is 1.06 bits per heavy atom. The molecule has 1 aromatic carbocycles. The van der Waals surface area contributed by atoms with Crippen molar-refractivity contribution >= 4 is 35.5 Å². The molecule has 0 aliphatic rings. The molecule has 1 rings (SSSR count). The Morgan fingerprint density at radius 2 is 1.71 bits per heavy atom. The summed E-state index contributed by atoms with van der Waals surface area (Å²) in [6.07, 6.45) is 3.08. The lowest BCUT2D eigenvalue weighted by Gasteiger charge is -2.23. The predicted octanol–water partition coefficient (Wildman–Crippen LogP) is -0.583. The molecule has 0 heterocycles. The third kappa shape index (κ3) is 10.7. The first-order valence-corrected chi connectivity index (χ1v) is 11.3. The van der Waals surface area contributed by atoms with E-state index < -0.39 is 35.9 Å². The van der Waals surface area contributed by atoms with Crippen LogP contribution in [0.2, 0.25) is 0 Å². The monoisotopic (exact) mass is 452 g/mol. The van der Waals surface area contributed by atoms with Crippen molar-refractivity contribution in [3.05, 3.63) is 35.9 Å². The highest BCUT2D eigenvalue weighted by atomic mass is 32.2. The summed E-state index contributed by atoms with van der Waals surface area (Å²) in [5, 5.41) is 14.6. The minimum Gasteiger partial charge on any atom is -0.480 e. The van der Waals surface area contributed by atoms with Gasteiger partial charge < -0.3 is 32.9 Å². The molecule has 172 valence electrons. The van der Waals surface area contributed by atoms with Crippen LogP contribution in [0.3, 0.4) is 0 Å². The number of nitrogens with zero attached hydrogens (tertiary/aromatic N) is 1. The summed E-state index contributed by atoms with van der Waals surface area (Å²) < 4.78 is 0. The second-order valence-corrected chi connectivity index (χ2v) is 7.97. The van der Waals surface area contributed by atoms with Crippen molar-refractivity contribution in [1.29, 1.82) is 0 Å². The predicted molar refractivity (Wildman–Crippen MR) is 123 cm³/mol. The summed E-state index contributed by atoms with van der Waals surface area (Å²) in [4.78, 5) is 40.7. The summed E-state index contributed by atoms with van der Waals surface area (Å²) in [5.41, 5.74) is 17.2. The van der Waals surface area contributed by atoms with Gasteiger partial charge in [0, 0.05) is 13.0 Å². The lowest BCUT2D eigenvalue weighted by atomic mass is 10.0. The van der Waals surface area contributed by atoms with Crippen molar-refractivity contribution in [3.63, 3.8) is 0 Å². The fourth-order valence-electron chi connectivity index (χ4n) is 2.75. The molecule has 10 nitrogen and oxygen atoms in total. The molecule has 0 aliphatic carbocycles. The molecule has 2 amide bonds. The number of aliphatic imine (C=N–C) groups is 1. The molecule has 1 aromatic rings. The number of carbonyl (C=O) groups is 3. The Morgan fingerprint density at radius 3 is 2.29 bits per heavy atom. The molecule has 0 spiro atoms. The van der Waals surface area contributed by atoms with Crippen LogP contribution in [-0.4, -0.2) is 65.5 Å². The van der Waals surface area contributed by atoms with E-state index in [1.54, 1.807) is 11.8 Å². The second kappa shape index (κ2) is 14.3. The molecule has 0 saturated heterocycles. The van der Waals surface area contributed by atoms with E-state index in [1.807, 2.05) is 36.6 Å². The minimum atomic E-state index is -1.18. The normalized spacial score (nSPS) is 13.5. The Bertz CT molecular complexity index is 742. The quantitative estimate of drug-likeness (QED) is 0.123. The summed E-state index contributed by atoms with van der Waals surface area (Å²) in [6, 6.07) is 6.27. The van der Waals surface area contributed by atoms with E-state index in [-0.39, 0.29) is 25.3 Å². The summed E-state index contributed by atoms with van der Waals surface area (Å²) in [5.74, 6) is -1.60. The molecule has 0 fully saturated rings. The van der Waals surface area contributed by atoms with Crippen LogP contribution < -0.4 is 27.8 Å². The fraction of sp³-hybridized carbons (Fsp3) is 0.500. The van der Waals surface area contributed by atoms with Crippen LogP contribution in [-0.2, 0) is 20.8 Å². The third-order valence-corrected chi connectivity index (χ3v) is 5.09. The van der Waals surface area contributed by atoms with Crippen molar-refractivity contribution < 1.29 is 19.5 Å². The van der Waals surface area contributed by atoms with Gasteiger partial charge in [-0.05, 0) is 36.8 Å². The highest BCUT2D eigenvalue weighted by Gasteiger charge is 2.28. The molecular formula is C20H32N6O4S. The van der Waals surface area contributed by atoms with Gasteiger partial charge in [0.05, 0.1) is 6.04 Å². The van der Waals surface area contributed by atoms with Gasteiger partial charge in [0.1, 0.15) is 12.1 Å². The number of carbonyl (C=O) groups excluding carboxylic acids is 2. The molecule has 0 aromatic heterocycles. The standard InChI is InChI=1S/C20H32N6O4S/c1-31-11-9-14(21)17(27)26-16(12-13-6-3-2-4-7-13)18(28)25-15(19(29)30)8-5-10-24-20(22)23/h2-4,6-7,14-16H,5,8-12,21H2,1H3,(H,25,28)(H,26,27)(H,29,30)(H4,22,23,24)/t14-,15-,16-/m0/s1. The Balaban J connectivity index is 2.85. The number of benzene rings is 1. The van der Waals surface area contributed by atoms with E-state index in [9.17, 15) is 19.5 Å². The van der Waals surface area contributed by atoms with Gasteiger partial charge in [0.2, 0.25) is 11.8 Å². The van der Waals surface area contributed by atoms with Crippen molar-refractivity contribution in [2.24, 2.45) is 22.2 Å². The SMILES string of the molecule is CSCC[C@H](N)C(=O)N[C@@H](Cc1ccccc1)C(=O)N[C@@H](CCCN=C(N)N)C(=O)O. The molecule has 3 atom stereocenters. The number of nitrogens with one attached hydrogen (secondary N) is 2. The third-order valence-electron chi connectivity index (χ3n) is 4.45. The lowest BCUT2D eigenvalue weighted by molar-refractivity contribution is -0.142. The number of hydrogen-bond donors (Lipinski definition) is 6. The van der Waals surface area contributed by atoms with Gasteiger partial charge in [0.25, 0.3) is 0 Å². The summed E-state index contributed by atoms with van der Waals surface area (Å²) in [7, 11) is 0. The Kier molecular flexibility index (Phi) is 12.1. The molecule has 11 heteroatoms. The molecule has 0 radical (unpaired) electrons. The number of amides is 2. The number of thioether (sulfide) groups is 1. The van der Waals surface area contributed by atoms with Crippen molar-refractivity contribution in [2.75, 3.05) is 18.6 Å². The van der Waals surface area contributed by atoms with E-state index in [0.717, 1.165) is 5.56 Å².